The fraction of sp³-hybridized carbons (Fsp3) is 0.684. The van der Waals surface area contributed by atoms with Crippen LogP contribution in [-0.4, -0.2) is 37.9 Å². The van der Waals surface area contributed by atoms with Crippen LogP contribution in [0.1, 0.15) is 39.5 Å². The van der Waals surface area contributed by atoms with Crippen LogP contribution in [-0.2, 0) is 4.74 Å². The van der Waals surface area contributed by atoms with E-state index in [0.717, 1.165) is 51.0 Å². The van der Waals surface area contributed by atoms with Gasteiger partial charge in [-0.1, -0.05) is 0 Å². The number of nitrogens with one attached hydrogen (secondary N) is 1. The number of ether oxygens (including phenoxy) is 1. The van der Waals surface area contributed by atoms with Crippen molar-refractivity contribution in [1.82, 2.24) is 0 Å². The Morgan fingerprint density at radius 2 is 1.83 bits per heavy atom. The molecule has 0 radical (unpaired) electrons. The molecule has 3 rings (SSSR count). The van der Waals surface area contributed by atoms with Gasteiger partial charge in [-0.3, -0.25) is 0 Å². The highest BCUT2D eigenvalue weighted by atomic mass is 19.1. The Labute approximate surface area is 144 Å². The summed E-state index contributed by atoms with van der Waals surface area (Å²) in [6.45, 7) is 6.56. The zero-order chi connectivity index (χ0) is 17.1. The largest absolute Gasteiger partial charge is 0.382 e. The van der Waals surface area contributed by atoms with Gasteiger partial charge in [0.1, 0.15) is 5.82 Å². The normalized spacial score (nSPS) is 31.1. The molecule has 24 heavy (non-hydrogen) atoms. The lowest BCUT2D eigenvalue weighted by Gasteiger charge is -2.37. The summed E-state index contributed by atoms with van der Waals surface area (Å²) in [4.78, 5) is 2.20. The van der Waals surface area contributed by atoms with Gasteiger partial charge in [0, 0.05) is 31.4 Å². The zero-order valence-electron chi connectivity index (χ0n) is 14.8. The topological polar surface area (TPSA) is 50.5 Å². The van der Waals surface area contributed by atoms with Gasteiger partial charge in [0.05, 0.1) is 17.9 Å². The lowest BCUT2D eigenvalue weighted by atomic mass is 9.86. The van der Waals surface area contributed by atoms with Crippen molar-refractivity contribution in [2.24, 2.45) is 11.7 Å². The molecule has 0 amide bonds. The molecule has 0 bridgehead atoms. The second-order valence-electron chi connectivity index (χ2n) is 7.49. The average Bonchev–Trinajstić information content (AvgIpc) is 2.54. The maximum absolute atomic E-state index is 14.5. The van der Waals surface area contributed by atoms with E-state index < -0.39 is 0 Å². The summed E-state index contributed by atoms with van der Waals surface area (Å²) in [6.07, 6.45) is 4.79. The van der Waals surface area contributed by atoms with Crippen molar-refractivity contribution < 1.29 is 9.13 Å². The second kappa shape index (κ2) is 7.70. The highest BCUT2D eigenvalue weighted by molar-refractivity contribution is 5.56. The van der Waals surface area contributed by atoms with Crippen molar-refractivity contribution in [1.29, 1.82) is 0 Å². The van der Waals surface area contributed by atoms with Gasteiger partial charge in [-0.25, -0.2) is 4.39 Å². The Hall–Kier alpha value is -1.33. The lowest BCUT2D eigenvalue weighted by Crippen LogP contribution is -2.45. The molecule has 1 aromatic rings. The quantitative estimate of drug-likeness (QED) is 0.886. The number of nitrogens with two attached hydrogens (primary N) is 1. The van der Waals surface area contributed by atoms with E-state index in [9.17, 15) is 4.39 Å². The van der Waals surface area contributed by atoms with E-state index in [2.05, 4.69) is 24.1 Å². The predicted molar refractivity (Wildman–Crippen MR) is 97.0 cm³/mol. The maximum atomic E-state index is 14.5. The average molecular weight is 335 g/mol. The molecule has 134 valence electrons. The summed E-state index contributed by atoms with van der Waals surface area (Å²) in [5.74, 6) is 0.427. The number of hydrogen-bond acceptors (Lipinski definition) is 4. The molecule has 2 atom stereocenters. The van der Waals surface area contributed by atoms with Crippen LogP contribution in [0.5, 0.6) is 0 Å². The minimum Gasteiger partial charge on any atom is -0.382 e. The van der Waals surface area contributed by atoms with Crippen molar-refractivity contribution in [3.63, 3.8) is 0 Å². The number of benzene rings is 1. The second-order valence-corrected chi connectivity index (χ2v) is 7.49. The van der Waals surface area contributed by atoms with Crippen LogP contribution in [0.15, 0.2) is 18.2 Å². The standard InChI is InChI=1S/C19H30FN3O/c1-13-11-23(12-14(2)24-13)17-7-8-19(18(20)9-17)22-10-15-3-5-16(21)6-4-15/h7-9,13-16,22H,3-6,10-12,21H2,1-2H3/t13?,14?,15-,16-. The number of morpholine rings is 1. The molecular formula is C19H30FN3O. The maximum Gasteiger partial charge on any atom is 0.148 e. The molecule has 1 aliphatic heterocycles. The van der Waals surface area contributed by atoms with Gasteiger partial charge in [-0.15, -0.1) is 0 Å². The SMILES string of the molecule is CC1CN(c2ccc(NC[C@H]3CC[C@H](N)CC3)c(F)c2)CC(C)O1. The van der Waals surface area contributed by atoms with Gasteiger partial charge >= 0.3 is 0 Å². The van der Waals surface area contributed by atoms with Gasteiger partial charge in [0.25, 0.3) is 0 Å². The van der Waals surface area contributed by atoms with Gasteiger partial charge < -0.3 is 20.7 Å². The van der Waals surface area contributed by atoms with Crippen LogP contribution < -0.4 is 16.0 Å². The molecule has 2 fully saturated rings. The van der Waals surface area contributed by atoms with E-state index in [4.69, 9.17) is 10.5 Å². The Balaban J connectivity index is 1.58. The van der Waals surface area contributed by atoms with E-state index in [-0.39, 0.29) is 18.0 Å². The van der Waals surface area contributed by atoms with E-state index in [1.54, 1.807) is 6.07 Å². The van der Waals surface area contributed by atoms with Crippen molar-refractivity contribution in [2.75, 3.05) is 29.9 Å². The summed E-state index contributed by atoms with van der Waals surface area (Å²) >= 11 is 0. The summed E-state index contributed by atoms with van der Waals surface area (Å²) in [7, 11) is 0. The fourth-order valence-corrected chi connectivity index (χ4v) is 3.88. The third-order valence-electron chi connectivity index (χ3n) is 5.21. The van der Waals surface area contributed by atoms with Crippen LogP contribution in [0.3, 0.4) is 0 Å². The first-order valence-corrected chi connectivity index (χ1v) is 9.20. The van der Waals surface area contributed by atoms with Gasteiger partial charge in [0.2, 0.25) is 0 Å². The molecule has 5 heteroatoms. The van der Waals surface area contributed by atoms with Crippen LogP contribution in [0.25, 0.3) is 0 Å². The monoisotopic (exact) mass is 335 g/mol. The van der Waals surface area contributed by atoms with E-state index in [0.29, 0.717) is 17.6 Å². The van der Waals surface area contributed by atoms with Crippen LogP contribution in [0.2, 0.25) is 0 Å². The van der Waals surface area contributed by atoms with Gasteiger partial charge in [-0.2, -0.15) is 0 Å². The molecule has 1 saturated carbocycles. The highest BCUT2D eigenvalue weighted by Crippen LogP contribution is 2.27. The molecule has 3 N–H and O–H groups in total. The highest BCUT2D eigenvalue weighted by Gasteiger charge is 2.23. The Kier molecular flexibility index (Phi) is 5.61. The van der Waals surface area contributed by atoms with E-state index in [1.807, 2.05) is 12.1 Å². The van der Waals surface area contributed by atoms with E-state index in [1.165, 1.54) is 0 Å². The number of rotatable bonds is 4. The van der Waals surface area contributed by atoms with Gasteiger partial charge in [-0.05, 0) is 63.6 Å². The Morgan fingerprint density at radius 1 is 1.17 bits per heavy atom. The molecule has 1 heterocycles. The lowest BCUT2D eigenvalue weighted by molar-refractivity contribution is -0.00523. The van der Waals surface area contributed by atoms with Gasteiger partial charge in [0.15, 0.2) is 0 Å². The minimum atomic E-state index is -0.174. The smallest absolute Gasteiger partial charge is 0.148 e. The molecule has 0 aromatic heterocycles. The minimum absolute atomic E-state index is 0.173. The van der Waals surface area contributed by atoms with Crippen molar-refractivity contribution in [3.8, 4) is 0 Å². The number of nitrogens with zero attached hydrogens (tertiary/aromatic N) is 1. The first-order chi connectivity index (χ1) is 11.5. The van der Waals surface area contributed by atoms with Crippen molar-refractivity contribution >= 4 is 11.4 Å². The molecule has 1 aromatic carbocycles. The third-order valence-corrected chi connectivity index (χ3v) is 5.21. The molecule has 2 unspecified atom stereocenters. The van der Waals surface area contributed by atoms with Crippen LogP contribution >= 0.6 is 0 Å². The summed E-state index contributed by atoms with van der Waals surface area (Å²) in [5, 5.41) is 3.29. The molecule has 1 saturated heterocycles. The molecule has 2 aliphatic rings. The molecule has 4 nitrogen and oxygen atoms in total. The summed E-state index contributed by atoms with van der Waals surface area (Å²) < 4.78 is 20.2. The number of anilines is 2. The van der Waals surface area contributed by atoms with E-state index >= 15 is 0 Å². The molecule has 0 spiro atoms. The van der Waals surface area contributed by atoms with Crippen LogP contribution in [0.4, 0.5) is 15.8 Å². The first-order valence-electron chi connectivity index (χ1n) is 9.20. The molecule has 1 aliphatic carbocycles. The van der Waals surface area contributed by atoms with Crippen molar-refractivity contribution in [2.45, 2.75) is 57.8 Å². The predicted octanol–water partition coefficient (Wildman–Crippen LogP) is 3.37. The third kappa shape index (κ3) is 4.39. The fourth-order valence-electron chi connectivity index (χ4n) is 3.88. The Bertz CT molecular complexity index is 535. The summed E-state index contributed by atoms with van der Waals surface area (Å²) in [5.41, 5.74) is 7.48. The van der Waals surface area contributed by atoms with Crippen LogP contribution in [0, 0.1) is 11.7 Å². The molecular weight excluding hydrogens is 305 g/mol. The van der Waals surface area contributed by atoms with Crippen molar-refractivity contribution in [3.05, 3.63) is 24.0 Å². The zero-order valence-corrected chi connectivity index (χ0v) is 14.8. The number of halogens is 1. The summed E-state index contributed by atoms with van der Waals surface area (Å²) in [6, 6.07) is 5.87. The number of hydrogen-bond donors (Lipinski definition) is 2. The first kappa shape index (κ1) is 17.5. The Morgan fingerprint density at radius 3 is 2.46 bits per heavy atom.